The van der Waals surface area contributed by atoms with Crippen LogP contribution in [0.2, 0.25) is 0 Å². The maximum atomic E-state index is 13.5. The lowest BCUT2D eigenvalue weighted by Gasteiger charge is -2.24. The number of rotatable bonds is 16. The zero-order valence-electron chi connectivity index (χ0n) is 25.7. The number of nitrogens with zero attached hydrogens (tertiary/aromatic N) is 1. The number of imide groups is 1. The maximum absolute atomic E-state index is 13.5. The quantitative estimate of drug-likeness (QED) is 0.113. The largest absolute Gasteiger partial charge is 0.507 e. The molecule has 0 aliphatic carbocycles. The van der Waals surface area contributed by atoms with Crippen LogP contribution in [0.4, 0.5) is 0 Å². The second-order valence-corrected chi connectivity index (χ2v) is 11.3. The fraction of sp³-hybridized carbons (Fsp3) is 0.588. The number of hydrazine groups is 1. The van der Waals surface area contributed by atoms with Crippen LogP contribution in [0.5, 0.6) is 11.5 Å². The Hall–Kier alpha value is -2.86. The van der Waals surface area contributed by atoms with Crippen molar-refractivity contribution >= 4 is 11.8 Å². The summed E-state index contributed by atoms with van der Waals surface area (Å²) in [6.07, 6.45) is 10.7. The zero-order chi connectivity index (χ0) is 29.8. The van der Waals surface area contributed by atoms with Crippen LogP contribution in [0.25, 0.3) is 0 Å². The minimum atomic E-state index is -0.637. The molecule has 40 heavy (non-hydrogen) atoms. The van der Waals surface area contributed by atoms with Gasteiger partial charge in [-0.3, -0.25) is 9.59 Å². The number of aryl methyl sites for hydroxylation is 4. The molecule has 0 aliphatic heterocycles. The molecule has 222 valence electrons. The fourth-order valence-electron chi connectivity index (χ4n) is 5.12. The number of phenolic OH excluding ortho intramolecular Hbond substituents is 2. The molecule has 0 heterocycles. The number of hydrogen-bond acceptors (Lipinski definition) is 5. The zero-order valence-corrected chi connectivity index (χ0v) is 25.7. The molecule has 0 saturated carbocycles. The van der Waals surface area contributed by atoms with Crippen LogP contribution >= 0.6 is 0 Å². The normalized spacial score (nSPS) is 12.8. The summed E-state index contributed by atoms with van der Waals surface area (Å²) in [7, 11) is 0. The molecule has 0 fully saturated rings. The van der Waals surface area contributed by atoms with Gasteiger partial charge in [0.2, 0.25) is 0 Å². The summed E-state index contributed by atoms with van der Waals surface area (Å²) in [5.41, 5.74) is 4.91. The number of phenols is 2. The van der Waals surface area contributed by atoms with Gasteiger partial charge in [-0.05, 0) is 98.6 Å². The average molecular weight is 553 g/mol. The second-order valence-electron chi connectivity index (χ2n) is 11.3. The van der Waals surface area contributed by atoms with E-state index in [9.17, 15) is 19.8 Å². The van der Waals surface area contributed by atoms with Crippen molar-refractivity contribution in [2.45, 2.75) is 130 Å². The molecule has 2 unspecified atom stereocenters. The lowest BCUT2D eigenvalue weighted by atomic mass is 9.90. The Morgan fingerprint density at radius 2 is 0.875 bits per heavy atom. The molecule has 0 spiro atoms. The van der Waals surface area contributed by atoms with Crippen LogP contribution in [0.1, 0.15) is 138 Å². The van der Waals surface area contributed by atoms with Crippen molar-refractivity contribution in [1.29, 1.82) is 0 Å². The third-order valence-electron chi connectivity index (χ3n) is 7.99. The van der Waals surface area contributed by atoms with Gasteiger partial charge in [-0.2, -0.15) is 0 Å². The number of aromatic hydroxyl groups is 2. The van der Waals surface area contributed by atoms with E-state index < -0.39 is 23.7 Å². The van der Waals surface area contributed by atoms with Crippen molar-refractivity contribution in [2.24, 2.45) is 5.84 Å². The van der Waals surface area contributed by atoms with E-state index in [4.69, 9.17) is 5.84 Å². The first-order chi connectivity index (χ1) is 19.1. The van der Waals surface area contributed by atoms with Crippen LogP contribution in [0, 0.1) is 0 Å². The third-order valence-corrected chi connectivity index (χ3v) is 7.99. The molecule has 0 aliphatic rings. The van der Waals surface area contributed by atoms with Crippen LogP contribution in [0.15, 0.2) is 24.3 Å². The maximum Gasteiger partial charge on any atom is 0.250 e. The van der Waals surface area contributed by atoms with Gasteiger partial charge in [0, 0.05) is 0 Å². The molecular weight excluding hydrogens is 500 g/mol. The number of carbonyl (C=O) groups is 2. The number of benzene rings is 2. The van der Waals surface area contributed by atoms with E-state index in [1.54, 1.807) is 13.8 Å². The molecule has 0 aromatic heterocycles. The SMILES string of the molecule is CCCCc1cc(C(C)C(=O)N(N)C(=O)C(C)c2cc(CCCC)c(O)c(CCCC)c2)cc(CCCC)c1O. The van der Waals surface area contributed by atoms with Gasteiger partial charge in [0.05, 0.1) is 11.8 Å². The van der Waals surface area contributed by atoms with Crippen molar-refractivity contribution in [2.75, 3.05) is 0 Å². The molecule has 0 saturated heterocycles. The van der Waals surface area contributed by atoms with Crippen molar-refractivity contribution < 1.29 is 19.8 Å². The predicted octanol–water partition coefficient (Wildman–Crippen LogP) is 7.60. The van der Waals surface area contributed by atoms with Gasteiger partial charge in [-0.15, -0.1) is 0 Å². The molecule has 6 heteroatoms. The summed E-state index contributed by atoms with van der Waals surface area (Å²) in [6.45, 7) is 12.0. The second kappa shape index (κ2) is 16.4. The first-order valence-electron chi connectivity index (χ1n) is 15.4. The Morgan fingerprint density at radius 1 is 0.625 bits per heavy atom. The average Bonchev–Trinajstić information content (AvgIpc) is 2.96. The Balaban J connectivity index is 2.35. The van der Waals surface area contributed by atoms with Crippen LogP contribution in [0.3, 0.4) is 0 Å². The molecule has 2 rings (SSSR count). The number of unbranched alkanes of at least 4 members (excludes halogenated alkanes) is 4. The van der Waals surface area contributed by atoms with E-state index >= 15 is 0 Å². The molecule has 2 aromatic carbocycles. The molecule has 0 radical (unpaired) electrons. The molecule has 2 aromatic rings. The van der Waals surface area contributed by atoms with Crippen molar-refractivity contribution in [3.05, 3.63) is 57.6 Å². The summed E-state index contributed by atoms with van der Waals surface area (Å²) in [5, 5.41) is 22.5. The highest BCUT2D eigenvalue weighted by Gasteiger charge is 2.30. The Bertz CT molecular complexity index is 981. The minimum absolute atomic E-state index is 0.324. The van der Waals surface area contributed by atoms with Crippen molar-refractivity contribution in [3.63, 3.8) is 0 Å². The topological polar surface area (TPSA) is 104 Å². The molecule has 2 atom stereocenters. The Morgan fingerprint density at radius 3 is 1.10 bits per heavy atom. The van der Waals surface area contributed by atoms with Crippen molar-refractivity contribution in [1.82, 2.24) is 5.01 Å². The molecule has 4 N–H and O–H groups in total. The van der Waals surface area contributed by atoms with Crippen LogP contribution < -0.4 is 5.84 Å². The van der Waals surface area contributed by atoms with Crippen LogP contribution in [-0.4, -0.2) is 27.0 Å². The fourth-order valence-corrected chi connectivity index (χ4v) is 5.12. The highest BCUT2D eigenvalue weighted by atomic mass is 16.3. The molecule has 2 amide bonds. The van der Waals surface area contributed by atoms with Gasteiger partial charge >= 0.3 is 0 Å². The standard InChI is InChI=1S/C34H52N2O4/c1-7-11-15-25-19-29(20-26(31(25)37)16-12-8-2)23(5)33(39)36(35)34(40)24(6)30-21-27(17-13-9-3)32(38)28(22-30)18-14-10-4/h19-24,37-38H,7-18,35H2,1-6H3. The van der Waals surface area contributed by atoms with Gasteiger partial charge in [0.1, 0.15) is 11.5 Å². The van der Waals surface area contributed by atoms with E-state index in [1.165, 1.54) is 0 Å². The van der Waals surface area contributed by atoms with Gasteiger partial charge in [0.15, 0.2) is 0 Å². The smallest absolute Gasteiger partial charge is 0.250 e. The van der Waals surface area contributed by atoms with Gasteiger partial charge in [0.25, 0.3) is 11.8 Å². The summed E-state index contributed by atoms with van der Waals surface area (Å²) in [6, 6.07) is 7.57. The van der Waals surface area contributed by atoms with Crippen LogP contribution in [-0.2, 0) is 35.3 Å². The molecular formula is C34H52N2O4. The number of hydrogen-bond donors (Lipinski definition) is 3. The Kier molecular flexibility index (Phi) is 13.7. The molecule has 6 nitrogen and oxygen atoms in total. The lowest BCUT2D eigenvalue weighted by Crippen LogP contribution is -2.46. The van der Waals surface area contributed by atoms with Gasteiger partial charge in [-0.1, -0.05) is 77.6 Å². The summed E-state index contributed by atoms with van der Waals surface area (Å²) in [4.78, 5) is 27.0. The summed E-state index contributed by atoms with van der Waals surface area (Å²) in [5.74, 6) is 4.64. The van der Waals surface area contributed by atoms with Gasteiger partial charge in [-0.25, -0.2) is 10.9 Å². The van der Waals surface area contributed by atoms with E-state index in [2.05, 4.69) is 27.7 Å². The highest BCUT2D eigenvalue weighted by molar-refractivity contribution is 6.00. The molecule has 0 bridgehead atoms. The van der Waals surface area contributed by atoms with E-state index in [1.807, 2.05) is 24.3 Å². The number of amides is 2. The monoisotopic (exact) mass is 552 g/mol. The highest BCUT2D eigenvalue weighted by Crippen LogP contribution is 2.33. The first-order valence-corrected chi connectivity index (χ1v) is 15.4. The third kappa shape index (κ3) is 8.57. The van der Waals surface area contributed by atoms with E-state index in [0.29, 0.717) is 11.5 Å². The first kappa shape index (κ1) is 33.3. The van der Waals surface area contributed by atoms with Crippen molar-refractivity contribution in [3.8, 4) is 11.5 Å². The number of nitrogens with two attached hydrogens (primary N) is 1. The number of carbonyl (C=O) groups excluding carboxylic acids is 2. The van der Waals surface area contributed by atoms with E-state index in [-0.39, 0.29) is 0 Å². The van der Waals surface area contributed by atoms with Gasteiger partial charge < -0.3 is 10.2 Å². The predicted molar refractivity (Wildman–Crippen MR) is 164 cm³/mol. The van der Waals surface area contributed by atoms with E-state index in [0.717, 1.165) is 115 Å². The summed E-state index contributed by atoms with van der Waals surface area (Å²) < 4.78 is 0. The minimum Gasteiger partial charge on any atom is -0.507 e. The lowest BCUT2D eigenvalue weighted by molar-refractivity contribution is -0.146. The summed E-state index contributed by atoms with van der Waals surface area (Å²) >= 11 is 0. The Labute approximate surface area is 241 Å².